The number of hydrogen-bond donors (Lipinski definition) is 0. The van der Waals surface area contributed by atoms with Gasteiger partial charge >= 0.3 is 0 Å². The summed E-state index contributed by atoms with van der Waals surface area (Å²) in [5.41, 5.74) is 1.49. The van der Waals surface area contributed by atoms with Crippen LogP contribution in [0.25, 0.3) is 0 Å². The third kappa shape index (κ3) is 3.29. The van der Waals surface area contributed by atoms with E-state index in [4.69, 9.17) is 4.74 Å². The highest BCUT2D eigenvalue weighted by molar-refractivity contribution is 9.08. The maximum Gasteiger partial charge on any atom is 0.142 e. The van der Waals surface area contributed by atoms with Crippen LogP contribution < -0.4 is 4.74 Å². The minimum Gasteiger partial charge on any atom is -0.487 e. The van der Waals surface area contributed by atoms with Crippen molar-refractivity contribution in [1.82, 2.24) is 4.98 Å². The Morgan fingerprint density at radius 2 is 1.84 bits per heavy atom. The lowest BCUT2D eigenvalue weighted by Gasteiger charge is -2.11. The molecule has 1 heterocycles. The van der Waals surface area contributed by atoms with Gasteiger partial charge in [0.15, 0.2) is 0 Å². The molecule has 0 N–H and O–H groups in total. The van der Waals surface area contributed by atoms with Gasteiger partial charge in [0.1, 0.15) is 24.0 Å². The number of halogens is 3. The maximum atomic E-state index is 13.5. The largest absolute Gasteiger partial charge is 0.487 e. The second kappa shape index (κ2) is 6.10. The van der Waals surface area contributed by atoms with Crippen molar-refractivity contribution in [2.24, 2.45) is 0 Å². The zero-order valence-electron chi connectivity index (χ0n) is 10.3. The Balaban J connectivity index is 2.19. The van der Waals surface area contributed by atoms with Crippen LogP contribution in [0.15, 0.2) is 30.3 Å². The van der Waals surface area contributed by atoms with Crippen LogP contribution in [0.3, 0.4) is 0 Å². The molecule has 0 atom stereocenters. The summed E-state index contributed by atoms with van der Waals surface area (Å²) in [6, 6.07) is 7.28. The van der Waals surface area contributed by atoms with Gasteiger partial charge in [-0.05, 0) is 31.2 Å². The Kier molecular flexibility index (Phi) is 4.47. The van der Waals surface area contributed by atoms with E-state index < -0.39 is 11.6 Å². The molecule has 0 amide bonds. The first kappa shape index (κ1) is 13.9. The Morgan fingerprint density at radius 3 is 2.47 bits per heavy atom. The van der Waals surface area contributed by atoms with E-state index in [1.54, 1.807) is 12.1 Å². The lowest BCUT2D eigenvalue weighted by Crippen LogP contribution is -2.04. The highest BCUT2D eigenvalue weighted by Crippen LogP contribution is 2.22. The van der Waals surface area contributed by atoms with Crippen molar-refractivity contribution in [3.05, 3.63) is 58.9 Å². The van der Waals surface area contributed by atoms with Crippen molar-refractivity contribution in [2.45, 2.75) is 18.9 Å². The molecule has 2 rings (SSSR count). The van der Waals surface area contributed by atoms with Crippen LogP contribution in [-0.4, -0.2) is 4.98 Å². The van der Waals surface area contributed by atoms with Crippen LogP contribution in [0.5, 0.6) is 5.75 Å². The Labute approximate surface area is 118 Å². The van der Waals surface area contributed by atoms with Gasteiger partial charge in [0.25, 0.3) is 0 Å². The lowest BCUT2D eigenvalue weighted by atomic mass is 10.2. The molecular formula is C14H12BrF2NO. The average molecular weight is 328 g/mol. The molecule has 100 valence electrons. The molecule has 1 aromatic heterocycles. The standard InChI is InChI=1S/C14H12BrF2NO/c1-9-5-6-14(13(7-15)18-9)19-8-10-11(16)3-2-4-12(10)17/h2-6H,7-8H2,1H3. The van der Waals surface area contributed by atoms with Crippen molar-refractivity contribution in [1.29, 1.82) is 0 Å². The summed E-state index contributed by atoms with van der Waals surface area (Å²) in [4.78, 5) is 4.29. The number of aromatic nitrogens is 1. The second-order valence-corrected chi connectivity index (χ2v) is 4.58. The van der Waals surface area contributed by atoms with Crippen molar-refractivity contribution in [3.8, 4) is 5.75 Å². The Hall–Kier alpha value is -1.49. The molecule has 2 nitrogen and oxygen atoms in total. The van der Waals surface area contributed by atoms with Gasteiger partial charge in [0.2, 0.25) is 0 Å². The number of benzene rings is 1. The highest BCUT2D eigenvalue weighted by Gasteiger charge is 2.11. The third-order valence-electron chi connectivity index (χ3n) is 2.63. The molecule has 0 aliphatic heterocycles. The van der Waals surface area contributed by atoms with Gasteiger partial charge in [0, 0.05) is 11.0 Å². The highest BCUT2D eigenvalue weighted by atomic mass is 79.9. The number of rotatable bonds is 4. The number of nitrogens with zero attached hydrogens (tertiary/aromatic N) is 1. The van der Waals surface area contributed by atoms with Gasteiger partial charge in [-0.15, -0.1) is 0 Å². The van der Waals surface area contributed by atoms with E-state index in [9.17, 15) is 8.78 Å². The van der Waals surface area contributed by atoms with E-state index >= 15 is 0 Å². The van der Waals surface area contributed by atoms with Crippen LogP contribution in [0.1, 0.15) is 17.0 Å². The number of ether oxygens (including phenoxy) is 1. The average Bonchev–Trinajstić information content (AvgIpc) is 2.39. The Bertz CT molecular complexity index is 569. The fourth-order valence-corrected chi connectivity index (χ4v) is 2.05. The molecule has 0 aliphatic rings. The molecule has 2 aromatic rings. The van der Waals surface area contributed by atoms with Crippen LogP contribution in [0.2, 0.25) is 0 Å². The first-order valence-electron chi connectivity index (χ1n) is 5.70. The van der Waals surface area contributed by atoms with Crippen molar-refractivity contribution >= 4 is 15.9 Å². The molecule has 0 fully saturated rings. The van der Waals surface area contributed by atoms with Crippen molar-refractivity contribution < 1.29 is 13.5 Å². The van der Waals surface area contributed by atoms with E-state index in [1.165, 1.54) is 18.2 Å². The fourth-order valence-electron chi connectivity index (χ4n) is 1.65. The van der Waals surface area contributed by atoms with Crippen LogP contribution in [0, 0.1) is 18.6 Å². The SMILES string of the molecule is Cc1ccc(OCc2c(F)cccc2F)c(CBr)n1. The smallest absolute Gasteiger partial charge is 0.142 e. The van der Waals surface area contributed by atoms with Gasteiger partial charge < -0.3 is 4.74 Å². The molecule has 0 aliphatic carbocycles. The Morgan fingerprint density at radius 1 is 1.16 bits per heavy atom. The van der Waals surface area contributed by atoms with Crippen molar-refractivity contribution in [2.75, 3.05) is 0 Å². The molecule has 0 unspecified atom stereocenters. The van der Waals surface area contributed by atoms with Crippen LogP contribution in [0.4, 0.5) is 8.78 Å². The van der Waals surface area contributed by atoms with Gasteiger partial charge in [0.05, 0.1) is 11.3 Å². The predicted molar refractivity (Wildman–Crippen MR) is 72.3 cm³/mol. The zero-order valence-corrected chi connectivity index (χ0v) is 11.9. The minimum absolute atomic E-state index is 0.0800. The molecule has 19 heavy (non-hydrogen) atoms. The summed E-state index contributed by atoms with van der Waals surface area (Å²) in [7, 11) is 0. The summed E-state index contributed by atoms with van der Waals surface area (Å²) < 4.78 is 32.4. The molecular weight excluding hydrogens is 316 g/mol. The summed E-state index contributed by atoms with van der Waals surface area (Å²) >= 11 is 3.31. The normalized spacial score (nSPS) is 10.5. The van der Waals surface area contributed by atoms with Gasteiger partial charge in [-0.25, -0.2) is 8.78 Å². The van der Waals surface area contributed by atoms with Crippen LogP contribution >= 0.6 is 15.9 Å². The van der Waals surface area contributed by atoms with Gasteiger partial charge in [-0.2, -0.15) is 0 Å². The van der Waals surface area contributed by atoms with E-state index in [1.807, 2.05) is 6.92 Å². The zero-order chi connectivity index (χ0) is 13.8. The van der Waals surface area contributed by atoms with E-state index in [0.717, 1.165) is 5.69 Å². The molecule has 0 saturated heterocycles. The molecule has 5 heteroatoms. The summed E-state index contributed by atoms with van der Waals surface area (Å²) in [6.45, 7) is 1.70. The molecule has 1 aromatic carbocycles. The van der Waals surface area contributed by atoms with E-state index in [-0.39, 0.29) is 12.2 Å². The fraction of sp³-hybridized carbons (Fsp3) is 0.214. The van der Waals surface area contributed by atoms with Gasteiger partial charge in [-0.1, -0.05) is 22.0 Å². The van der Waals surface area contributed by atoms with Gasteiger partial charge in [-0.3, -0.25) is 4.98 Å². The summed E-state index contributed by atoms with van der Waals surface area (Å²) in [5.74, 6) is -0.703. The quantitative estimate of drug-likeness (QED) is 0.787. The maximum absolute atomic E-state index is 13.5. The molecule has 0 saturated carbocycles. The first-order valence-corrected chi connectivity index (χ1v) is 6.82. The molecule has 0 spiro atoms. The molecule has 0 bridgehead atoms. The summed E-state index contributed by atoms with van der Waals surface area (Å²) in [6.07, 6.45) is 0. The lowest BCUT2D eigenvalue weighted by molar-refractivity contribution is 0.289. The second-order valence-electron chi connectivity index (χ2n) is 4.02. The monoisotopic (exact) mass is 327 g/mol. The number of hydrogen-bond acceptors (Lipinski definition) is 2. The van der Waals surface area contributed by atoms with E-state index in [0.29, 0.717) is 16.8 Å². The van der Waals surface area contributed by atoms with Crippen LogP contribution in [-0.2, 0) is 11.9 Å². The topological polar surface area (TPSA) is 22.1 Å². The molecule has 0 radical (unpaired) electrons. The predicted octanol–water partition coefficient (Wildman–Crippen LogP) is 4.14. The number of alkyl halides is 1. The van der Waals surface area contributed by atoms with E-state index in [2.05, 4.69) is 20.9 Å². The summed E-state index contributed by atoms with van der Waals surface area (Å²) in [5, 5.41) is 0.518. The first-order chi connectivity index (χ1) is 9.11. The number of pyridine rings is 1. The number of aryl methyl sites for hydroxylation is 1. The third-order valence-corrected chi connectivity index (χ3v) is 3.16. The minimum atomic E-state index is -0.611. The van der Waals surface area contributed by atoms with Crippen molar-refractivity contribution in [3.63, 3.8) is 0 Å².